The van der Waals surface area contributed by atoms with Crippen LogP contribution in [0.1, 0.15) is 32.8 Å². The third-order valence-electron chi connectivity index (χ3n) is 3.96. The van der Waals surface area contributed by atoms with Crippen molar-refractivity contribution in [3.05, 3.63) is 59.7 Å². The number of allylic oxidation sites excluding steroid dienone is 5. The van der Waals surface area contributed by atoms with Gasteiger partial charge in [-0.2, -0.15) is 0 Å². The van der Waals surface area contributed by atoms with Gasteiger partial charge in [0.2, 0.25) is 0 Å². The summed E-state index contributed by atoms with van der Waals surface area (Å²) in [5.74, 6) is 0.157. The molecule has 1 aliphatic carbocycles. The van der Waals surface area contributed by atoms with Crippen molar-refractivity contribution in [1.29, 1.82) is 0 Å². The zero-order valence-corrected chi connectivity index (χ0v) is 14.0. The molecule has 0 amide bonds. The van der Waals surface area contributed by atoms with Crippen LogP contribution in [0.4, 0.5) is 5.69 Å². The van der Waals surface area contributed by atoms with Crippen LogP contribution >= 0.6 is 0 Å². The molecule has 0 fully saturated rings. The minimum absolute atomic E-state index is 0.157. The summed E-state index contributed by atoms with van der Waals surface area (Å²) >= 11 is 0. The summed E-state index contributed by atoms with van der Waals surface area (Å²) in [7, 11) is 2.10. The highest BCUT2D eigenvalue weighted by molar-refractivity contribution is 6.06. The van der Waals surface area contributed by atoms with Crippen molar-refractivity contribution in [2.24, 2.45) is 5.41 Å². The molecule has 0 aliphatic heterocycles. The van der Waals surface area contributed by atoms with E-state index >= 15 is 0 Å². The van der Waals surface area contributed by atoms with E-state index in [0.29, 0.717) is 0 Å². The van der Waals surface area contributed by atoms with E-state index in [0.717, 1.165) is 24.1 Å². The number of ketones is 1. The molecule has 0 saturated carbocycles. The van der Waals surface area contributed by atoms with Crippen LogP contribution in [0.5, 0.6) is 0 Å². The summed E-state index contributed by atoms with van der Waals surface area (Å²) in [6.07, 6.45) is 10.8. The van der Waals surface area contributed by atoms with Crippen molar-refractivity contribution in [1.82, 2.24) is 0 Å². The lowest BCUT2D eigenvalue weighted by Crippen LogP contribution is -2.22. The molecule has 22 heavy (non-hydrogen) atoms. The molecule has 1 aromatic rings. The normalized spacial score (nSPS) is 18.5. The van der Waals surface area contributed by atoms with Crippen molar-refractivity contribution < 1.29 is 4.79 Å². The van der Waals surface area contributed by atoms with Gasteiger partial charge in [-0.15, -0.1) is 0 Å². The Morgan fingerprint density at radius 2 is 1.82 bits per heavy atom. The van der Waals surface area contributed by atoms with E-state index in [1.807, 2.05) is 44.2 Å². The van der Waals surface area contributed by atoms with Crippen LogP contribution in [0.25, 0.3) is 6.08 Å². The first-order valence-corrected chi connectivity index (χ1v) is 7.87. The van der Waals surface area contributed by atoms with E-state index in [-0.39, 0.29) is 5.78 Å². The summed E-state index contributed by atoms with van der Waals surface area (Å²) in [6, 6.07) is 8.36. The van der Waals surface area contributed by atoms with E-state index in [9.17, 15) is 4.79 Å². The van der Waals surface area contributed by atoms with Crippen molar-refractivity contribution in [3.8, 4) is 0 Å². The molecule has 0 N–H and O–H groups in total. The maximum atomic E-state index is 12.6. The molecule has 1 aliphatic rings. The number of benzene rings is 1. The molecular weight excluding hydrogens is 270 g/mol. The molecule has 0 aromatic heterocycles. The predicted molar refractivity (Wildman–Crippen MR) is 95.0 cm³/mol. The number of carbonyl (C=O) groups is 1. The lowest BCUT2D eigenvalue weighted by atomic mass is 9.84. The molecule has 2 nitrogen and oxygen atoms in total. The highest BCUT2D eigenvalue weighted by atomic mass is 16.1. The largest absolute Gasteiger partial charge is 0.375 e. The summed E-state index contributed by atoms with van der Waals surface area (Å²) < 4.78 is 0. The van der Waals surface area contributed by atoms with Gasteiger partial charge in [0.1, 0.15) is 0 Å². The third-order valence-corrected chi connectivity index (χ3v) is 3.96. The Morgan fingerprint density at radius 1 is 1.14 bits per heavy atom. The van der Waals surface area contributed by atoms with Crippen LogP contribution < -0.4 is 4.90 Å². The minimum atomic E-state index is -0.448. The molecule has 1 aromatic carbocycles. The van der Waals surface area contributed by atoms with Crippen molar-refractivity contribution >= 4 is 17.5 Å². The molecule has 0 spiro atoms. The molecule has 2 heteroatoms. The number of hydrogen-bond acceptors (Lipinski definition) is 2. The molecule has 116 valence electrons. The van der Waals surface area contributed by atoms with Gasteiger partial charge in [0.05, 0.1) is 0 Å². The topological polar surface area (TPSA) is 20.3 Å². The Balaban J connectivity index is 2.24. The maximum Gasteiger partial charge on any atom is 0.172 e. The fraction of sp³-hybridized carbons (Fsp3) is 0.350. The van der Waals surface area contributed by atoms with E-state index in [1.165, 1.54) is 5.69 Å². The van der Waals surface area contributed by atoms with Gasteiger partial charge in [0, 0.05) is 30.3 Å². The van der Waals surface area contributed by atoms with Gasteiger partial charge < -0.3 is 4.90 Å². The van der Waals surface area contributed by atoms with Crippen LogP contribution in [0.2, 0.25) is 0 Å². The zero-order chi connectivity index (χ0) is 16.2. The second kappa shape index (κ2) is 6.78. The van der Waals surface area contributed by atoms with E-state index < -0.39 is 5.41 Å². The van der Waals surface area contributed by atoms with Crippen LogP contribution in [-0.2, 0) is 4.79 Å². The number of rotatable bonds is 4. The van der Waals surface area contributed by atoms with Gasteiger partial charge in [-0.1, -0.05) is 43.4 Å². The number of nitrogens with zero attached hydrogens (tertiary/aromatic N) is 1. The predicted octanol–water partition coefficient (Wildman–Crippen LogP) is 4.64. The molecule has 0 radical (unpaired) electrons. The van der Waals surface area contributed by atoms with E-state index in [1.54, 1.807) is 0 Å². The zero-order valence-electron chi connectivity index (χ0n) is 14.0. The van der Waals surface area contributed by atoms with E-state index in [4.69, 9.17) is 0 Å². The molecular formula is C20H25NO. The van der Waals surface area contributed by atoms with E-state index in [2.05, 4.69) is 43.1 Å². The fourth-order valence-corrected chi connectivity index (χ4v) is 2.56. The summed E-state index contributed by atoms with van der Waals surface area (Å²) in [5, 5.41) is 0. The average Bonchev–Trinajstić information content (AvgIpc) is 2.61. The van der Waals surface area contributed by atoms with Gasteiger partial charge in [0.25, 0.3) is 0 Å². The van der Waals surface area contributed by atoms with Crippen LogP contribution in [0.15, 0.2) is 54.1 Å². The second-order valence-corrected chi connectivity index (χ2v) is 6.38. The number of Topliss-reactive ketones (excluding diaryl/α,β-unsaturated/α-hetero) is 1. The summed E-state index contributed by atoms with van der Waals surface area (Å²) in [4.78, 5) is 14.8. The number of anilines is 1. The van der Waals surface area contributed by atoms with Crippen LogP contribution in [-0.4, -0.2) is 19.4 Å². The van der Waals surface area contributed by atoms with Crippen LogP contribution in [0, 0.1) is 5.41 Å². The number of carbonyl (C=O) groups excluding carboxylic acids is 1. The van der Waals surface area contributed by atoms with Crippen molar-refractivity contribution in [2.75, 3.05) is 18.5 Å². The summed E-state index contributed by atoms with van der Waals surface area (Å²) in [6.45, 7) is 7.13. The molecule has 0 saturated heterocycles. The second-order valence-electron chi connectivity index (χ2n) is 6.38. The first-order valence-electron chi connectivity index (χ1n) is 7.87. The van der Waals surface area contributed by atoms with Gasteiger partial charge in [-0.25, -0.2) is 0 Å². The highest BCUT2D eigenvalue weighted by Crippen LogP contribution is 2.27. The first kappa shape index (κ1) is 16.3. The monoisotopic (exact) mass is 295 g/mol. The molecule has 0 unspecified atom stereocenters. The minimum Gasteiger partial charge on any atom is -0.375 e. The smallest absolute Gasteiger partial charge is 0.172 e. The van der Waals surface area contributed by atoms with Gasteiger partial charge >= 0.3 is 0 Å². The lowest BCUT2D eigenvalue weighted by molar-refractivity contribution is -0.120. The van der Waals surface area contributed by atoms with Crippen molar-refractivity contribution in [3.63, 3.8) is 0 Å². The standard InChI is InChI=1S/C20H25NO/c1-5-14-21(4)18-11-9-16(10-12-18)15-17-8-6-7-13-20(2,3)19(17)22/h6-13,15H,5,14H2,1-4H3/b17-15+. The van der Waals surface area contributed by atoms with Crippen molar-refractivity contribution in [2.45, 2.75) is 27.2 Å². The molecule has 2 rings (SSSR count). The Bertz CT molecular complexity index is 618. The SMILES string of the molecule is CCCN(C)c1ccc(/C=C2\C=CC=CC(C)(C)C2=O)cc1. The van der Waals surface area contributed by atoms with Gasteiger partial charge in [0.15, 0.2) is 5.78 Å². The highest BCUT2D eigenvalue weighted by Gasteiger charge is 2.27. The van der Waals surface area contributed by atoms with Gasteiger partial charge in [-0.3, -0.25) is 4.79 Å². The first-order chi connectivity index (χ1) is 10.4. The Kier molecular flexibility index (Phi) is 5.02. The molecule has 0 atom stereocenters. The fourth-order valence-electron chi connectivity index (χ4n) is 2.56. The number of hydrogen-bond donors (Lipinski definition) is 0. The Morgan fingerprint density at radius 3 is 2.45 bits per heavy atom. The summed E-state index contributed by atoms with van der Waals surface area (Å²) in [5.41, 5.74) is 2.56. The maximum absolute atomic E-state index is 12.6. The average molecular weight is 295 g/mol. The Labute approximate surface area is 133 Å². The lowest BCUT2D eigenvalue weighted by Gasteiger charge is -2.19. The Hall–Kier alpha value is -2.09. The third kappa shape index (κ3) is 3.76. The molecule has 0 heterocycles. The van der Waals surface area contributed by atoms with Crippen LogP contribution in [0.3, 0.4) is 0 Å². The van der Waals surface area contributed by atoms with Gasteiger partial charge in [-0.05, 0) is 44.0 Å². The molecule has 0 bridgehead atoms. The quantitative estimate of drug-likeness (QED) is 0.754.